The summed E-state index contributed by atoms with van der Waals surface area (Å²) in [6, 6.07) is 0. The van der Waals surface area contributed by atoms with Crippen LogP contribution < -0.4 is 10.6 Å². The van der Waals surface area contributed by atoms with Crippen molar-refractivity contribution in [1.29, 1.82) is 0 Å². The zero-order valence-corrected chi connectivity index (χ0v) is 9.18. The first-order chi connectivity index (χ1) is 7.97. The SMILES string of the molecule is O=C(COCC(F)(F)F)NCC1CNCCO1. The smallest absolute Gasteiger partial charge is 0.374 e. The van der Waals surface area contributed by atoms with Gasteiger partial charge in [-0.25, -0.2) is 0 Å². The number of alkyl halides is 3. The van der Waals surface area contributed by atoms with Crippen LogP contribution in [0.15, 0.2) is 0 Å². The number of carbonyl (C=O) groups is 1. The van der Waals surface area contributed by atoms with Crippen LogP contribution in [-0.2, 0) is 14.3 Å². The van der Waals surface area contributed by atoms with Crippen molar-refractivity contribution in [1.82, 2.24) is 10.6 Å². The average molecular weight is 256 g/mol. The maximum atomic E-state index is 11.7. The van der Waals surface area contributed by atoms with Crippen LogP contribution in [0.4, 0.5) is 13.2 Å². The molecule has 1 atom stereocenters. The lowest BCUT2D eigenvalue weighted by molar-refractivity contribution is -0.175. The second-order valence-electron chi connectivity index (χ2n) is 3.61. The van der Waals surface area contributed by atoms with E-state index in [-0.39, 0.29) is 12.6 Å². The monoisotopic (exact) mass is 256 g/mol. The van der Waals surface area contributed by atoms with Crippen molar-refractivity contribution < 1.29 is 27.4 Å². The van der Waals surface area contributed by atoms with Crippen molar-refractivity contribution in [2.75, 3.05) is 39.5 Å². The number of halogens is 3. The van der Waals surface area contributed by atoms with Crippen molar-refractivity contribution in [3.05, 3.63) is 0 Å². The highest BCUT2D eigenvalue weighted by molar-refractivity contribution is 5.77. The third-order valence-electron chi connectivity index (χ3n) is 2.03. The Kier molecular flexibility index (Phi) is 5.66. The first kappa shape index (κ1) is 14.2. The minimum absolute atomic E-state index is 0.143. The Bertz CT molecular complexity index is 242. The maximum absolute atomic E-state index is 11.7. The second-order valence-corrected chi connectivity index (χ2v) is 3.61. The summed E-state index contributed by atoms with van der Waals surface area (Å²) < 4.78 is 44.6. The lowest BCUT2D eigenvalue weighted by Crippen LogP contribution is -2.45. The molecule has 1 saturated heterocycles. The van der Waals surface area contributed by atoms with Gasteiger partial charge in [-0.3, -0.25) is 4.79 Å². The summed E-state index contributed by atoms with van der Waals surface area (Å²) in [5, 5.41) is 5.51. The summed E-state index contributed by atoms with van der Waals surface area (Å²) in [6.07, 6.45) is -4.55. The fourth-order valence-corrected chi connectivity index (χ4v) is 1.29. The summed E-state index contributed by atoms with van der Waals surface area (Å²) in [4.78, 5) is 11.1. The maximum Gasteiger partial charge on any atom is 0.411 e. The van der Waals surface area contributed by atoms with Gasteiger partial charge in [-0.2, -0.15) is 13.2 Å². The van der Waals surface area contributed by atoms with Crippen molar-refractivity contribution in [2.24, 2.45) is 0 Å². The predicted octanol–water partition coefficient (Wildman–Crippen LogP) is -0.330. The molecule has 0 saturated carbocycles. The molecule has 8 heteroatoms. The molecule has 100 valence electrons. The summed E-state index contributed by atoms with van der Waals surface area (Å²) in [7, 11) is 0. The van der Waals surface area contributed by atoms with Gasteiger partial charge < -0.3 is 20.1 Å². The molecule has 5 nitrogen and oxygen atoms in total. The average Bonchev–Trinajstić information content (AvgIpc) is 2.26. The number of nitrogens with one attached hydrogen (secondary N) is 2. The van der Waals surface area contributed by atoms with E-state index in [1.165, 1.54) is 0 Å². The number of amides is 1. The highest BCUT2D eigenvalue weighted by Gasteiger charge is 2.27. The van der Waals surface area contributed by atoms with Crippen molar-refractivity contribution in [3.8, 4) is 0 Å². The normalized spacial score (nSPS) is 21.2. The van der Waals surface area contributed by atoms with Gasteiger partial charge in [0.15, 0.2) is 0 Å². The van der Waals surface area contributed by atoms with Gasteiger partial charge in [0, 0.05) is 19.6 Å². The van der Waals surface area contributed by atoms with E-state index in [0.29, 0.717) is 13.2 Å². The lowest BCUT2D eigenvalue weighted by atomic mass is 10.3. The van der Waals surface area contributed by atoms with Gasteiger partial charge in [0.2, 0.25) is 5.91 Å². The van der Waals surface area contributed by atoms with E-state index < -0.39 is 25.3 Å². The third-order valence-corrected chi connectivity index (χ3v) is 2.03. The molecule has 0 bridgehead atoms. The van der Waals surface area contributed by atoms with Gasteiger partial charge in [-0.15, -0.1) is 0 Å². The number of ether oxygens (including phenoxy) is 2. The van der Waals surface area contributed by atoms with Crippen LogP contribution >= 0.6 is 0 Å². The van der Waals surface area contributed by atoms with Gasteiger partial charge >= 0.3 is 6.18 Å². The largest absolute Gasteiger partial charge is 0.411 e. The van der Waals surface area contributed by atoms with Gasteiger partial charge in [-0.05, 0) is 0 Å². The lowest BCUT2D eigenvalue weighted by Gasteiger charge is -2.23. The molecule has 1 aliphatic heterocycles. The van der Waals surface area contributed by atoms with Crippen LogP contribution in [0, 0.1) is 0 Å². The van der Waals surface area contributed by atoms with Crippen LogP contribution in [0.3, 0.4) is 0 Å². The van der Waals surface area contributed by atoms with Crippen LogP contribution in [-0.4, -0.2) is 57.6 Å². The molecule has 2 N–H and O–H groups in total. The fraction of sp³-hybridized carbons (Fsp3) is 0.889. The molecule has 0 aromatic carbocycles. The first-order valence-corrected chi connectivity index (χ1v) is 5.21. The zero-order chi connectivity index (χ0) is 12.7. The molecule has 1 fully saturated rings. The predicted molar refractivity (Wildman–Crippen MR) is 52.5 cm³/mol. The van der Waals surface area contributed by atoms with E-state index in [1.54, 1.807) is 0 Å². The van der Waals surface area contributed by atoms with Crippen LogP contribution in [0.1, 0.15) is 0 Å². The molecule has 1 unspecified atom stereocenters. The Balaban J connectivity index is 2.04. The third kappa shape index (κ3) is 7.14. The first-order valence-electron chi connectivity index (χ1n) is 5.21. The highest BCUT2D eigenvalue weighted by Crippen LogP contribution is 2.13. The van der Waals surface area contributed by atoms with E-state index >= 15 is 0 Å². The molecule has 0 aromatic heterocycles. The van der Waals surface area contributed by atoms with Gasteiger partial charge in [0.1, 0.15) is 13.2 Å². The van der Waals surface area contributed by atoms with Crippen LogP contribution in [0.25, 0.3) is 0 Å². The van der Waals surface area contributed by atoms with Crippen molar-refractivity contribution in [2.45, 2.75) is 12.3 Å². The standard InChI is InChI=1S/C9H15F3N2O3/c10-9(11,12)6-16-5-8(15)14-4-7-3-13-1-2-17-7/h7,13H,1-6H2,(H,14,15). The van der Waals surface area contributed by atoms with Gasteiger partial charge in [0.25, 0.3) is 0 Å². The number of carbonyl (C=O) groups excluding carboxylic acids is 1. The number of rotatable bonds is 5. The van der Waals surface area contributed by atoms with Crippen LogP contribution in [0.2, 0.25) is 0 Å². The second kappa shape index (κ2) is 6.77. The molecule has 1 aliphatic rings. The Morgan fingerprint density at radius 2 is 2.29 bits per heavy atom. The zero-order valence-electron chi connectivity index (χ0n) is 9.18. The Morgan fingerprint density at radius 1 is 1.53 bits per heavy atom. The van der Waals surface area contributed by atoms with Gasteiger partial charge in [-0.1, -0.05) is 0 Å². The molecule has 0 aliphatic carbocycles. The van der Waals surface area contributed by atoms with E-state index in [9.17, 15) is 18.0 Å². The van der Waals surface area contributed by atoms with Crippen molar-refractivity contribution >= 4 is 5.91 Å². The Morgan fingerprint density at radius 3 is 2.88 bits per heavy atom. The molecule has 1 heterocycles. The van der Waals surface area contributed by atoms with Crippen LogP contribution in [0.5, 0.6) is 0 Å². The van der Waals surface area contributed by atoms with E-state index in [1.807, 2.05) is 0 Å². The summed E-state index contributed by atoms with van der Waals surface area (Å²) in [5.74, 6) is -0.580. The summed E-state index contributed by atoms with van der Waals surface area (Å²) >= 11 is 0. The fourth-order valence-electron chi connectivity index (χ4n) is 1.29. The summed E-state index contributed by atoms with van der Waals surface area (Å²) in [6.45, 7) is 0.191. The molecular weight excluding hydrogens is 241 g/mol. The number of morpholine rings is 1. The highest BCUT2D eigenvalue weighted by atomic mass is 19.4. The molecule has 0 radical (unpaired) electrons. The number of hydrogen-bond donors (Lipinski definition) is 2. The Labute approximate surface area is 96.6 Å². The van der Waals surface area contributed by atoms with Crippen molar-refractivity contribution in [3.63, 3.8) is 0 Å². The molecule has 0 aromatic rings. The van der Waals surface area contributed by atoms with E-state index in [2.05, 4.69) is 15.4 Å². The Hall–Kier alpha value is -0.860. The molecular formula is C9H15F3N2O3. The minimum Gasteiger partial charge on any atom is -0.374 e. The molecule has 0 spiro atoms. The minimum atomic E-state index is -4.41. The van der Waals surface area contributed by atoms with E-state index in [0.717, 1.165) is 6.54 Å². The molecule has 1 rings (SSSR count). The summed E-state index contributed by atoms with van der Waals surface area (Å²) in [5.41, 5.74) is 0. The van der Waals surface area contributed by atoms with Gasteiger partial charge in [0.05, 0.1) is 12.7 Å². The quantitative estimate of drug-likeness (QED) is 0.707. The van der Waals surface area contributed by atoms with E-state index in [4.69, 9.17) is 4.74 Å². The molecule has 17 heavy (non-hydrogen) atoms. The molecule has 1 amide bonds. The topological polar surface area (TPSA) is 59.6 Å². The number of hydrogen-bond acceptors (Lipinski definition) is 4.